The number of anilines is 1. The van der Waals surface area contributed by atoms with Gasteiger partial charge in [-0.1, -0.05) is 43.3 Å². The SMILES string of the molecule is CCCOC(=O)c1cccc(NC(=O)Cn2cnc3sc(-c4ccccc4)cc3c2=O)c1. The maximum Gasteiger partial charge on any atom is 0.338 e. The quantitative estimate of drug-likeness (QED) is 0.426. The van der Waals surface area contributed by atoms with Crippen LogP contribution in [0.1, 0.15) is 23.7 Å². The standard InChI is InChI=1S/C24H21N3O4S/c1-2-11-31-24(30)17-9-6-10-18(12-17)26-21(28)14-27-15-25-22-19(23(27)29)13-20(32-22)16-7-4-3-5-8-16/h3-10,12-13,15H,2,11,14H2,1H3,(H,26,28). The van der Waals surface area contributed by atoms with Gasteiger partial charge in [0.2, 0.25) is 5.91 Å². The summed E-state index contributed by atoms with van der Waals surface area (Å²) in [6.07, 6.45) is 2.11. The van der Waals surface area contributed by atoms with Crippen molar-refractivity contribution in [2.75, 3.05) is 11.9 Å². The van der Waals surface area contributed by atoms with E-state index in [1.165, 1.54) is 22.2 Å². The third-order valence-corrected chi connectivity index (χ3v) is 5.80. The second-order valence-electron chi connectivity index (χ2n) is 7.14. The molecule has 2 aromatic heterocycles. The molecule has 0 aliphatic heterocycles. The summed E-state index contributed by atoms with van der Waals surface area (Å²) in [6.45, 7) is 2.06. The van der Waals surface area contributed by atoms with Crippen molar-refractivity contribution in [1.29, 1.82) is 0 Å². The van der Waals surface area contributed by atoms with Gasteiger partial charge < -0.3 is 10.1 Å². The Balaban J connectivity index is 1.50. The number of nitrogens with one attached hydrogen (secondary N) is 1. The largest absolute Gasteiger partial charge is 0.462 e. The summed E-state index contributed by atoms with van der Waals surface area (Å²) < 4.78 is 6.40. The molecule has 0 fully saturated rings. The van der Waals surface area contributed by atoms with Crippen molar-refractivity contribution in [3.8, 4) is 10.4 Å². The Hall–Kier alpha value is -3.78. The van der Waals surface area contributed by atoms with E-state index in [1.807, 2.05) is 43.3 Å². The van der Waals surface area contributed by atoms with Gasteiger partial charge in [0.25, 0.3) is 5.56 Å². The topological polar surface area (TPSA) is 90.3 Å². The average molecular weight is 448 g/mol. The number of carbonyl (C=O) groups excluding carboxylic acids is 2. The van der Waals surface area contributed by atoms with Crippen LogP contribution in [0.4, 0.5) is 5.69 Å². The van der Waals surface area contributed by atoms with Crippen LogP contribution in [0.2, 0.25) is 0 Å². The molecule has 0 aliphatic carbocycles. The molecule has 7 nitrogen and oxygen atoms in total. The Kier molecular flexibility index (Phi) is 6.42. The van der Waals surface area contributed by atoms with Gasteiger partial charge in [0, 0.05) is 10.6 Å². The van der Waals surface area contributed by atoms with Crippen LogP contribution in [-0.4, -0.2) is 28.0 Å². The number of rotatable bonds is 7. The predicted molar refractivity (Wildman–Crippen MR) is 125 cm³/mol. The van der Waals surface area contributed by atoms with E-state index < -0.39 is 11.9 Å². The fourth-order valence-electron chi connectivity index (χ4n) is 3.17. The van der Waals surface area contributed by atoms with E-state index in [0.717, 1.165) is 16.9 Å². The van der Waals surface area contributed by atoms with Crippen LogP contribution in [0.15, 0.2) is 71.8 Å². The van der Waals surface area contributed by atoms with Crippen LogP contribution in [0.5, 0.6) is 0 Å². The maximum atomic E-state index is 12.9. The highest BCUT2D eigenvalue weighted by Crippen LogP contribution is 2.30. The first-order valence-corrected chi connectivity index (χ1v) is 11.0. The fraction of sp³-hybridized carbons (Fsp3) is 0.167. The van der Waals surface area contributed by atoms with Gasteiger partial charge in [-0.25, -0.2) is 9.78 Å². The van der Waals surface area contributed by atoms with Crippen molar-refractivity contribution in [3.63, 3.8) is 0 Å². The van der Waals surface area contributed by atoms with E-state index in [1.54, 1.807) is 24.3 Å². The zero-order valence-electron chi connectivity index (χ0n) is 17.4. The van der Waals surface area contributed by atoms with Crippen molar-refractivity contribution in [2.45, 2.75) is 19.9 Å². The molecule has 4 aromatic rings. The zero-order valence-corrected chi connectivity index (χ0v) is 18.2. The average Bonchev–Trinajstić information content (AvgIpc) is 3.25. The fourth-order valence-corrected chi connectivity index (χ4v) is 4.17. The second kappa shape index (κ2) is 9.57. The van der Waals surface area contributed by atoms with Crippen LogP contribution in [0.3, 0.4) is 0 Å². The minimum atomic E-state index is -0.444. The summed E-state index contributed by atoms with van der Waals surface area (Å²) >= 11 is 1.44. The number of hydrogen-bond donors (Lipinski definition) is 1. The molecular weight excluding hydrogens is 426 g/mol. The van der Waals surface area contributed by atoms with Gasteiger partial charge in [-0.15, -0.1) is 11.3 Å². The Bertz CT molecular complexity index is 1330. The number of nitrogens with zero attached hydrogens (tertiary/aromatic N) is 2. The summed E-state index contributed by atoms with van der Waals surface area (Å²) in [5, 5.41) is 3.19. The monoisotopic (exact) mass is 447 g/mol. The van der Waals surface area contributed by atoms with Gasteiger partial charge in [0.15, 0.2) is 0 Å². The van der Waals surface area contributed by atoms with Gasteiger partial charge in [-0.3, -0.25) is 14.2 Å². The van der Waals surface area contributed by atoms with Crippen molar-refractivity contribution in [1.82, 2.24) is 9.55 Å². The Morgan fingerprint density at radius 2 is 1.91 bits per heavy atom. The molecule has 162 valence electrons. The number of benzene rings is 2. The second-order valence-corrected chi connectivity index (χ2v) is 8.17. The molecule has 0 spiro atoms. The van der Waals surface area contributed by atoms with E-state index in [9.17, 15) is 14.4 Å². The molecule has 1 amide bonds. The van der Waals surface area contributed by atoms with Crippen LogP contribution in [-0.2, 0) is 16.1 Å². The molecule has 0 unspecified atom stereocenters. The number of fused-ring (bicyclic) bond motifs is 1. The highest BCUT2D eigenvalue weighted by Gasteiger charge is 2.13. The number of esters is 1. The number of aromatic nitrogens is 2. The molecule has 0 aliphatic rings. The summed E-state index contributed by atoms with van der Waals surface area (Å²) in [5.41, 5.74) is 1.53. The molecule has 0 saturated heterocycles. The van der Waals surface area contributed by atoms with Crippen molar-refractivity contribution in [2.24, 2.45) is 0 Å². The first-order chi connectivity index (χ1) is 15.5. The molecule has 4 rings (SSSR count). The lowest BCUT2D eigenvalue weighted by molar-refractivity contribution is -0.116. The smallest absolute Gasteiger partial charge is 0.338 e. The van der Waals surface area contributed by atoms with Gasteiger partial charge in [0.05, 0.1) is 23.9 Å². The minimum absolute atomic E-state index is 0.192. The molecule has 0 saturated carbocycles. The number of thiophene rings is 1. The van der Waals surface area contributed by atoms with E-state index in [4.69, 9.17) is 4.74 Å². The van der Waals surface area contributed by atoms with E-state index in [2.05, 4.69) is 10.3 Å². The number of ether oxygens (including phenoxy) is 1. The molecule has 0 atom stereocenters. The van der Waals surface area contributed by atoms with Gasteiger partial charge in [-0.2, -0.15) is 0 Å². The first-order valence-electron chi connectivity index (χ1n) is 10.2. The van der Waals surface area contributed by atoms with Crippen LogP contribution in [0, 0.1) is 0 Å². The predicted octanol–water partition coefficient (Wildman–Crippen LogP) is 4.33. The van der Waals surface area contributed by atoms with E-state index in [-0.39, 0.29) is 12.1 Å². The Morgan fingerprint density at radius 1 is 1.09 bits per heavy atom. The number of hydrogen-bond acceptors (Lipinski definition) is 6. The maximum absolute atomic E-state index is 12.9. The first kappa shape index (κ1) is 21.5. The molecule has 2 heterocycles. The van der Waals surface area contributed by atoms with Gasteiger partial charge in [0.1, 0.15) is 11.4 Å². The molecule has 2 aromatic carbocycles. The van der Waals surface area contributed by atoms with E-state index in [0.29, 0.717) is 28.1 Å². The molecule has 32 heavy (non-hydrogen) atoms. The van der Waals surface area contributed by atoms with Crippen molar-refractivity contribution in [3.05, 3.63) is 82.9 Å². The van der Waals surface area contributed by atoms with Crippen LogP contribution in [0.25, 0.3) is 20.7 Å². The molecule has 0 bridgehead atoms. The molecule has 0 radical (unpaired) electrons. The third kappa shape index (κ3) is 4.76. The van der Waals surface area contributed by atoms with Gasteiger partial charge >= 0.3 is 5.97 Å². The number of carbonyl (C=O) groups is 2. The summed E-state index contributed by atoms with van der Waals surface area (Å²) in [6, 6.07) is 18.1. The van der Waals surface area contributed by atoms with Crippen molar-refractivity contribution < 1.29 is 14.3 Å². The third-order valence-electron chi connectivity index (χ3n) is 4.71. The minimum Gasteiger partial charge on any atom is -0.462 e. The summed E-state index contributed by atoms with van der Waals surface area (Å²) in [4.78, 5) is 43.4. The summed E-state index contributed by atoms with van der Waals surface area (Å²) in [7, 11) is 0. The van der Waals surface area contributed by atoms with E-state index >= 15 is 0 Å². The molecular formula is C24H21N3O4S. The highest BCUT2D eigenvalue weighted by molar-refractivity contribution is 7.21. The Labute approximate surface area is 188 Å². The van der Waals surface area contributed by atoms with Crippen LogP contribution >= 0.6 is 11.3 Å². The lowest BCUT2D eigenvalue weighted by Crippen LogP contribution is -2.27. The highest BCUT2D eigenvalue weighted by atomic mass is 32.1. The Morgan fingerprint density at radius 3 is 2.69 bits per heavy atom. The van der Waals surface area contributed by atoms with Gasteiger partial charge in [-0.05, 0) is 36.2 Å². The zero-order chi connectivity index (χ0) is 22.5. The number of amides is 1. The molecule has 8 heteroatoms. The van der Waals surface area contributed by atoms with Crippen molar-refractivity contribution >= 4 is 39.1 Å². The molecule has 1 N–H and O–H groups in total. The van der Waals surface area contributed by atoms with Crippen LogP contribution < -0.4 is 10.9 Å². The summed E-state index contributed by atoms with van der Waals surface area (Å²) in [5.74, 6) is -0.841. The normalized spacial score (nSPS) is 10.8. The lowest BCUT2D eigenvalue weighted by Gasteiger charge is -2.09. The lowest BCUT2D eigenvalue weighted by atomic mass is 10.2.